The summed E-state index contributed by atoms with van der Waals surface area (Å²) in [5, 5.41) is 5.87. The van der Waals surface area contributed by atoms with Crippen molar-refractivity contribution in [3.63, 3.8) is 0 Å². The molecule has 3 amide bonds. The third kappa shape index (κ3) is 6.76. The van der Waals surface area contributed by atoms with Crippen LogP contribution in [0.1, 0.15) is 42.2 Å². The first-order valence-corrected chi connectivity index (χ1v) is 12.5. The molecule has 3 aromatic rings. The first-order chi connectivity index (χ1) is 17.8. The number of aryl methyl sites for hydroxylation is 1. The lowest BCUT2D eigenvalue weighted by atomic mass is 9.99. The quantitative estimate of drug-likeness (QED) is 0.433. The Bertz CT molecular complexity index is 1240. The third-order valence-corrected chi connectivity index (χ3v) is 6.22. The van der Waals surface area contributed by atoms with Crippen LogP contribution in [0.25, 0.3) is 0 Å². The van der Waals surface area contributed by atoms with Crippen molar-refractivity contribution < 1.29 is 19.1 Å². The van der Waals surface area contributed by atoms with E-state index in [1.807, 2.05) is 81.4 Å². The van der Waals surface area contributed by atoms with Crippen molar-refractivity contribution in [1.29, 1.82) is 0 Å². The predicted octanol–water partition coefficient (Wildman–Crippen LogP) is 5.01. The van der Waals surface area contributed by atoms with Gasteiger partial charge in [-0.05, 0) is 41.7 Å². The molecule has 7 heteroatoms. The first-order valence-electron chi connectivity index (χ1n) is 12.5. The molecule has 7 nitrogen and oxygen atoms in total. The Hall–Kier alpha value is -4.13. The molecule has 0 bridgehead atoms. The highest BCUT2D eigenvalue weighted by Crippen LogP contribution is 2.35. The van der Waals surface area contributed by atoms with E-state index in [9.17, 15) is 14.4 Å². The molecule has 1 fully saturated rings. The highest BCUT2D eigenvalue weighted by atomic mass is 16.6. The van der Waals surface area contributed by atoms with Crippen molar-refractivity contribution in [2.75, 3.05) is 11.9 Å². The summed E-state index contributed by atoms with van der Waals surface area (Å²) in [6.45, 7) is 6.77. The number of hydrogen-bond donors (Lipinski definition) is 2. The van der Waals surface area contributed by atoms with E-state index in [-0.39, 0.29) is 30.7 Å². The largest absolute Gasteiger partial charge is 0.438 e. The summed E-state index contributed by atoms with van der Waals surface area (Å²) < 4.78 is 5.77. The second kappa shape index (κ2) is 11.7. The molecule has 2 atom stereocenters. The van der Waals surface area contributed by atoms with E-state index in [0.29, 0.717) is 17.8 Å². The van der Waals surface area contributed by atoms with Crippen molar-refractivity contribution in [3.8, 4) is 0 Å². The summed E-state index contributed by atoms with van der Waals surface area (Å²) in [6.07, 6.45) is -1.11. The zero-order valence-electron chi connectivity index (χ0n) is 21.4. The summed E-state index contributed by atoms with van der Waals surface area (Å²) >= 11 is 0. The van der Waals surface area contributed by atoms with Crippen LogP contribution < -0.4 is 10.6 Å². The zero-order valence-corrected chi connectivity index (χ0v) is 21.4. The fourth-order valence-corrected chi connectivity index (χ4v) is 4.29. The molecule has 4 rings (SSSR count). The van der Waals surface area contributed by atoms with Gasteiger partial charge in [0.15, 0.2) is 12.1 Å². The fraction of sp³-hybridized carbons (Fsp3) is 0.300. The molecule has 1 saturated heterocycles. The Kier molecular flexibility index (Phi) is 8.23. The number of carbonyl (C=O) groups excluding carboxylic acids is 3. The van der Waals surface area contributed by atoms with Gasteiger partial charge in [-0.25, -0.2) is 4.79 Å². The van der Waals surface area contributed by atoms with Crippen molar-refractivity contribution >= 4 is 23.6 Å². The average molecular weight is 500 g/mol. The Morgan fingerprint density at radius 2 is 1.68 bits per heavy atom. The normalized spacial score (nSPS) is 17.0. The molecule has 1 heterocycles. The van der Waals surface area contributed by atoms with Crippen molar-refractivity contribution in [3.05, 3.63) is 101 Å². The highest BCUT2D eigenvalue weighted by Gasteiger charge is 2.47. The number of hydrogen-bond acceptors (Lipinski definition) is 4. The minimum absolute atomic E-state index is 0.154. The third-order valence-electron chi connectivity index (χ3n) is 6.22. The van der Waals surface area contributed by atoms with Gasteiger partial charge in [-0.1, -0.05) is 86.1 Å². The molecule has 0 aliphatic carbocycles. The van der Waals surface area contributed by atoms with E-state index in [1.54, 1.807) is 18.2 Å². The van der Waals surface area contributed by atoms with Gasteiger partial charge in [-0.3, -0.25) is 14.5 Å². The maximum Gasteiger partial charge on any atom is 0.411 e. The zero-order chi connectivity index (χ0) is 26.4. The van der Waals surface area contributed by atoms with E-state index in [4.69, 9.17) is 4.74 Å². The van der Waals surface area contributed by atoms with Gasteiger partial charge >= 0.3 is 6.09 Å². The number of nitrogens with zero attached hydrogens (tertiary/aromatic N) is 1. The Morgan fingerprint density at radius 1 is 0.946 bits per heavy atom. The number of rotatable bonds is 9. The molecule has 1 aliphatic rings. The van der Waals surface area contributed by atoms with Crippen LogP contribution in [0.15, 0.2) is 78.9 Å². The molecule has 2 N–H and O–H groups in total. The molecule has 3 aromatic carbocycles. The molecular formula is C30H33N3O4. The summed E-state index contributed by atoms with van der Waals surface area (Å²) in [5.74, 6) is -0.164. The van der Waals surface area contributed by atoms with Gasteiger partial charge in [0.05, 0.1) is 13.0 Å². The van der Waals surface area contributed by atoms with Gasteiger partial charge in [0.1, 0.15) is 0 Å². The number of amides is 3. The van der Waals surface area contributed by atoms with Gasteiger partial charge in [-0.15, -0.1) is 0 Å². The van der Waals surface area contributed by atoms with Crippen molar-refractivity contribution in [1.82, 2.24) is 10.2 Å². The average Bonchev–Trinajstić information content (AvgIpc) is 3.20. The van der Waals surface area contributed by atoms with E-state index in [0.717, 1.165) is 16.7 Å². The summed E-state index contributed by atoms with van der Waals surface area (Å²) in [4.78, 5) is 40.4. The molecule has 192 valence electrons. The smallest absolute Gasteiger partial charge is 0.411 e. The molecule has 0 spiro atoms. The van der Waals surface area contributed by atoms with Crippen LogP contribution in [0.4, 0.5) is 10.5 Å². The van der Waals surface area contributed by atoms with E-state index in [1.165, 1.54) is 4.90 Å². The minimum atomic E-state index is -0.845. The van der Waals surface area contributed by atoms with Crippen LogP contribution in [0, 0.1) is 12.8 Å². The SMILES string of the molecule is Cc1ccc(CN2C(=O)O[C@@H](c3cccc(NC(=O)Cc4ccccc4)c3)[C@@H]2C(=O)NCC(C)C)cc1. The molecule has 37 heavy (non-hydrogen) atoms. The summed E-state index contributed by atoms with van der Waals surface area (Å²) in [7, 11) is 0. The Balaban J connectivity index is 1.56. The number of cyclic esters (lactones) is 1. The molecule has 0 saturated carbocycles. The van der Waals surface area contributed by atoms with Crippen molar-refractivity contribution in [2.24, 2.45) is 5.92 Å². The maximum absolute atomic E-state index is 13.3. The lowest BCUT2D eigenvalue weighted by Gasteiger charge is -2.25. The maximum atomic E-state index is 13.3. The van der Waals surface area contributed by atoms with Crippen LogP contribution in [-0.4, -0.2) is 35.4 Å². The number of ether oxygens (including phenoxy) is 1. The van der Waals surface area contributed by atoms with Crippen LogP contribution in [0.5, 0.6) is 0 Å². The lowest BCUT2D eigenvalue weighted by molar-refractivity contribution is -0.126. The van der Waals surface area contributed by atoms with Crippen LogP contribution in [0.2, 0.25) is 0 Å². The van der Waals surface area contributed by atoms with Crippen LogP contribution in [0.3, 0.4) is 0 Å². The number of anilines is 1. The number of benzene rings is 3. The Morgan fingerprint density at radius 3 is 2.38 bits per heavy atom. The minimum Gasteiger partial charge on any atom is -0.438 e. The molecule has 0 unspecified atom stereocenters. The van der Waals surface area contributed by atoms with Crippen molar-refractivity contribution in [2.45, 2.75) is 45.9 Å². The fourth-order valence-electron chi connectivity index (χ4n) is 4.29. The first kappa shape index (κ1) is 25.9. The van der Waals surface area contributed by atoms with Gasteiger partial charge in [0, 0.05) is 12.2 Å². The standard InChI is InChI=1S/C30H33N3O4/c1-20(2)18-31-29(35)27-28(37-30(36)33(27)19-23-14-12-21(3)13-15-23)24-10-7-11-25(17-24)32-26(34)16-22-8-5-4-6-9-22/h4-15,17,20,27-28H,16,18-19H2,1-3H3,(H,31,35)(H,32,34)/t27-,28+/m1/s1. The number of carbonyl (C=O) groups is 3. The van der Waals surface area contributed by atoms with Crippen LogP contribution >= 0.6 is 0 Å². The molecule has 0 radical (unpaired) electrons. The van der Waals surface area contributed by atoms with E-state index >= 15 is 0 Å². The summed E-state index contributed by atoms with van der Waals surface area (Å²) in [6, 6.07) is 23.6. The monoisotopic (exact) mass is 499 g/mol. The second-order valence-corrected chi connectivity index (χ2v) is 9.84. The topological polar surface area (TPSA) is 87.7 Å². The highest BCUT2D eigenvalue weighted by molar-refractivity contribution is 5.92. The summed E-state index contributed by atoms with van der Waals surface area (Å²) in [5.41, 5.74) is 4.15. The lowest BCUT2D eigenvalue weighted by Crippen LogP contribution is -2.47. The molecular weight excluding hydrogens is 466 g/mol. The molecule has 0 aromatic heterocycles. The Labute approximate surface area is 217 Å². The molecule has 1 aliphatic heterocycles. The van der Waals surface area contributed by atoms with Gasteiger partial charge < -0.3 is 15.4 Å². The van der Waals surface area contributed by atoms with Gasteiger partial charge in [0.2, 0.25) is 11.8 Å². The second-order valence-electron chi connectivity index (χ2n) is 9.84. The van der Waals surface area contributed by atoms with E-state index in [2.05, 4.69) is 10.6 Å². The van der Waals surface area contributed by atoms with Gasteiger partial charge in [0.25, 0.3) is 0 Å². The predicted molar refractivity (Wildman–Crippen MR) is 143 cm³/mol. The van der Waals surface area contributed by atoms with Crippen LogP contribution in [-0.2, 0) is 27.3 Å². The van der Waals surface area contributed by atoms with Gasteiger partial charge in [-0.2, -0.15) is 0 Å². The van der Waals surface area contributed by atoms with E-state index < -0.39 is 18.2 Å². The number of nitrogens with one attached hydrogen (secondary N) is 2.